The number of aryl methyl sites for hydroxylation is 1. The largest absolute Gasteiger partial charge is 0.334 e. The Morgan fingerprint density at radius 1 is 1.22 bits per heavy atom. The van der Waals surface area contributed by atoms with E-state index in [9.17, 15) is 9.59 Å². The minimum absolute atomic E-state index is 0.00366. The second kappa shape index (κ2) is 8.63. The third-order valence-corrected chi connectivity index (χ3v) is 5.91. The Bertz CT molecular complexity index is 795. The van der Waals surface area contributed by atoms with Gasteiger partial charge in [-0.05, 0) is 12.0 Å². The van der Waals surface area contributed by atoms with Crippen LogP contribution in [0.25, 0.3) is 10.6 Å². The number of likely N-dealkylation sites (N-methyl/N-ethyl adjacent to an activating group) is 2. The molecule has 0 atom stereocenters. The fourth-order valence-corrected chi connectivity index (χ4v) is 3.90. The van der Waals surface area contributed by atoms with Gasteiger partial charge in [0.05, 0.1) is 39.8 Å². The molecule has 3 rings (SSSR count). The van der Waals surface area contributed by atoms with E-state index in [4.69, 9.17) is 0 Å². The number of nitrogens with one attached hydrogen (secondary N) is 1. The lowest BCUT2D eigenvalue weighted by molar-refractivity contribution is -0.883. The molecule has 0 unspecified atom stereocenters. The van der Waals surface area contributed by atoms with Crippen molar-refractivity contribution in [1.29, 1.82) is 0 Å². The number of carbonyl (C=O) groups excluding carboxylic acids is 2. The van der Waals surface area contributed by atoms with E-state index >= 15 is 0 Å². The second-order valence-corrected chi connectivity index (χ2v) is 7.95. The van der Waals surface area contributed by atoms with Gasteiger partial charge in [-0.2, -0.15) is 0 Å². The maximum atomic E-state index is 12.7. The topological polar surface area (TPSA) is 58.0 Å². The maximum absolute atomic E-state index is 12.7. The molecule has 1 N–H and O–H groups in total. The molecule has 2 aromatic rings. The van der Waals surface area contributed by atoms with Crippen molar-refractivity contribution in [3.8, 4) is 10.6 Å². The van der Waals surface area contributed by atoms with Crippen molar-refractivity contribution in [3.63, 3.8) is 0 Å². The number of rotatable bonds is 5. The summed E-state index contributed by atoms with van der Waals surface area (Å²) in [6, 6.07) is 8.24. The molecular formula is C20H27N4O2S+. The zero-order valence-corrected chi connectivity index (χ0v) is 17.0. The zero-order chi connectivity index (χ0) is 19.4. The molecule has 0 aliphatic carbocycles. The first-order valence-corrected chi connectivity index (χ1v) is 10.2. The van der Waals surface area contributed by atoms with Crippen LogP contribution in [0.15, 0.2) is 29.6 Å². The summed E-state index contributed by atoms with van der Waals surface area (Å²) in [6.07, 6.45) is 0.995. The number of nitrogens with zero attached hydrogens (tertiary/aromatic N) is 3. The van der Waals surface area contributed by atoms with Crippen LogP contribution in [0, 0.1) is 0 Å². The van der Waals surface area contributed by atoms with Crippen molar-refractivity contribution in [1.82, 2.24) is 14.8 Å². The highest BCUT2D eigenvalue weighted by Crippen LogP contribution is 2.24. The number of hydrogen-bond donors (Lipinski definition) is 1. The third-order valence-electron chi connectivity index (χ3n) is 5.02. The molecule has 0 bridgehead atoms. The van der Waals surface area contributed by atoms with Gasteiger partial charge in [-0.3, -0.25) is 9.59 Å². The van der Waals surface area contributed by atoms with Gasteiger partial charge in [-0.15, -0.1) is 11.3 Å². The van der Waals surface area contributed by atoms with E-state index in [2.05, 4.69) is 31.1 Å². The van der Waals surface area contributed by atoms with Crippen molar-refractivity contribution in [2.45, 2.75) is 13.3 Å². The normalized spacial score (nSPS) is 15.0. The van der Waals surface area contributed by atoms with E-state index < -0.39 is 0 Å². The van der Waals surface area contributed by atoms with Crippen molar-refractivity contribution in [2.75, 3.05) is 46.8 Å². The molecule has 1 aromatic heterocycles. The highest BCUT2D eigenvalue weighted by atomic mass is 32.1. The number of quaternary nitrogens is 1. The van der Waals surface area contributed by atoms with Crippen molar-refractivity contribution >= 4 is 23.2 Å². The van der Waals surface area contributed by atoms with Crippen LogP contribution in [0.4, 0.5) is 0 Å². The first kappa shape index (κ1) is 19.5. The van der Waals surface area contributed by atoms with Crippen LogP contribution in [0.2, 0.25) is 0 Å². The van der Waals surface area contributed by atoms with Crippen molar-refractivity contribution in [2.24, 2.45) is 0 Å². The number of hydrogen-bond acceptors (Lipinski definition) is 4. The summed E-state index contributed by atoms with van der Waals surface area (Å²) >= 11 is 1.45. The molecule has 1 aliphatic rings. The average molecular weight is 388 g/mol. The Labute approximate surface area is 164 Å². The summed E-state index contributed by atoms with van der Waals surface area (Å²) in [5.41, 5.74) is 2.68. The quantitative estimate of drug-likeness (QED) is 0.826. The van der Waals surface area contributed by atoms with Gasteiger partial charge in [-0.1, -0.05) is 31.2 Å². The number of thiazole rings is 1. The van der Waals surface area contributed by atoms with Crippen LogP contribution < -0.4 is 4.90 Å². The monoisotopic (exact) mass is 387 g/mol. The van der Waals surface area contributed by atoms with Crippen LogP contribution in [0.3, 0.4) is 0 Å². The first-order chi connectivity index (χ1) is 13.0. The van der Waals surface area contributed by atoms with E-state index in [1.54, 1.807) is 12.4 Å². The first-order valence-electron chi connectivity index (χ1n) is 9.37. The highest BCUT2D eigenvalue weighted by molar-refractivity contribution is 7.13. The number of piperazine rings is 1. The molecule has 1 fully saturated rings. The average Bonchev–Trinajstić information content (AvgIpc) is 3.18. The standard InChI is InChI=1S/C20H26N4O2S/c1-4-15-5-7-16(8-6-15)19-21-17(14-27-19)20(26)23(3)13-18(25)24-11-9-22(2)10-12-24/h5-8,14H,4,9-13H2,1-3H3/p+1. The van der Waals surface area contributed by atoms with E-state index in [0.717, 1.165) is 43.2 Å². The third kappa shape index (κ3) is 4.73. The predicted octanol–water partition coefficient (Wildman–Crippen LogP) is 0.801. The minimum Gasteiger partial charge on any atom is -0.334 e. The number of amides is 2. The van der Waals surface area contributed by atoms with Crippen molar-refractivity contribution < 1.29 is 14.5 Å². The van der Waals surface area contributed by atoms with Gasteiger partial charge < -0.3 is 14.7 Å². The SMILES string of the molecule is CCc1ccc(-c2nc(C(=O)N(C)CC(=O)N3CC[NH+](C)CC3)cs2)cc1. The van der Waals surface area contributed by atoms with E-state index in [-0.39, 0.29) is 18.4 Å². The Kier molecular flexibility index (Phi) is 6.23. The molecule has 0 radical (unpaired) electrons. The predicted molar refractivity (Wildman–Crippen MR) is 107 cm³/mol. The van der Waals surface area contributed by atoms with Gasteiger partial charge in [0, 0.05) is 18.0 Å². The van der Waals surface area contributed by atoms with Gasteiger partial charge in [0.25, 0.3) is 5.91 Å². The zero-order valence-electron chi connectivity index (χ0n) is 16.2. The molecule has 1 saturated heterocycles. The Hall–Kier alpha value is -2.25. The summed E-state index contributed by atoms with van der Waals surface area (Å²) in [5, 5.41) is 2.59. The molecule has 7 heteroatoms. The van der Waals surface area contributed by atoms with E-state index in [1.165, 1.54) is 26.7 Å². The van der Waals surface area contributed by atoms with Gasteiger partial charge in [0.15, 0.2) is 0 Å². The lowest BCUT2D eigenvalue weighted by Gasteiger charge is -2.31. The summed E-state index contributed by atoms with van der Waals surface area (Å²) in [5.74, 6) is -0.209. The van der Waals surface area contributed by atoms with E-state index in [1.807, 2.05) is 17.0 Å². The molecule has 2 heterocycles. The molecule has 1 aliphatic heterocycles. The Morgan fingerprint density at radius 3 is 2.52 bits per heavy atom. The van der Waals surface area contributed by atoms with Gasteiger partial charge in [0.2, 0.25) is 5.91 Å². The highest BCUT2D eigenvalue weighted by Gasteiger charge is 2.24. The second-order valence-electron chi connectivity index (χ2n) is 7.09. The Balaban J connectivity index is 1.61. The summed E-state index contributed by atoms with van der Waals surface area (Å²) in [7, 11) is 3.80. The molecular weight excluding hydrogens is 360 g/mol. The van der Waals surface area contributed by atoms with Crippen LogP contribution in [0.5, 0.6) is 0 Å². The fraction of sp³-hybridized carbons (Fsp3) is 0.450. The number of carbonyl (C=O) groups is 2. The van der Waals surface area contributed by atoms with Crippen molar-refractivity contribution in [3.05, 3.63) is 40.9 Å². The molecule has 6 nitrogen and oxygen atoms in total. The van der Waals surface area contributed by atoms with E-state index in [0.29, 0.717) is 5.69 Å². The summed E-state index contributed by atoms with van der Waals surface area (Å²) < 4.78 is 0. The summed E-state index contributed by atoms with van der Waals surface area (Å²) in [6.45, 7) is 5.62. The number of aromatic nitrogens is 1. The maximum Gasteiger partial charge on any atom is 0.273 e. The van der Waals surface area contributed by atoms with Crippen LogP contribution in [0.1, 0.15) is 23.0 Å². The van der Waals surface area contributed by atoms with Crippen LogP contribution in [-0.4, -0.2) is 73.4 Å². The van der Waals surface area contributed by atoms with Crippen LogP contribution >= 0.6 is 11.3 Å². The fourth-order valence-electron chi connectivity index (χ4n) is 3.10. The molecule has 2 amide bonds. The molecule has 1 aromatic carbocycles. The lowest BCUT2D eigenvalue weighted by atomic mass is 10.1. The molecule has 0 saturated carbocycles. The molecule has 0 spiro atoms. The number of benzene rings is 1. The van der Waals surface area contributed by atoms with Crippen LogP contribution in [-0.2, 0) is 11.2 Å². The van der Waals surface area contributed by atoms with Gasteiger partial charge in [0.1, 0.15) is 10.7 Å². The summed E-state index contributed by atoms with van der Waals surface area (Å²) in [4.78, 5) is 34.3. The van der Waals surface area contributed by atoms with Gasteiger partial charge in [-0.25, -0.2) is 4.98 Å². The molecule has 27 heavy (non-hydrogen) atoms. The minimum atomic E-state index is -0.212. The Morgan fingerprint density at radius 2 is 1.89 bits per heavy atom. The lowest BCUT2D eigenvalue weighted by Crippen LogP contribution is -3.12. The van der Waals surface area contributed by atoms with Gasteiger partial charge >= 0.3 is 0 Å². The molecule has 144 valence electrons. The smallest absolute Gasteiger partial charge is 0.273 e.